The van der Waals surface area contributed by atoms with Crippen LogP contribution >= 0.6 is 11.6 Å². The normalized spacial score (nSPS) is 14.9. The summed E-state index contributed by atoms with van der Waals surface area (Å²) in [7, 11) is 1.83. The standard InChI is InChI=1S/C27H24ClN7O4/c1-16-25-22(33(2)30-16)11-12-34(26(25)23(36)13-17-3-5-18(6-4-17)27(38)39)24(37)10-7-19-14-20(28)8-9-21(19)35-15-29-31-32-35/h3-10,14-15,26H,11-13H2,1-2H3,(H,38,39)/b10-7+. The van der Waals surface area contributed by atoms with Gasteiger partial charge in [-0.2, -0.15) is 9.78 Å². The predicted molar refractivity (Wildman–Crippen MR) is 141 cm³/mol. The van der Waals surface area contributed by atoms with Gasteiger partial charge in [0.05, 0.1) is 16.9 Å². The molecule has 4 aromatic rings. The van der Waals surface area contributed by atoms with Gasteiger partial charge in [0.2, 0.25) is 5.91 Å². The number of halogens is 1. The van der Waals surface area contributed by atoms with Gasteiger partial charge in [0.1, 0.15) is 12.4 Å². The number of tetrazole rings is 1. The molecule has 1 atom stereocenters. The first-order valence-electron chi connectivity index (χ1n) is 12.1. The lowest BCUT2D eigenvalue weighted by Gasteiger charge is -2.35. The van der Waals surface area contributed by atoms with Crippen molar-refractivity contribution in [2.45, 2.75) is 25.8 Å². The number of nitrogens with zero attached hydrogens (tertiary/aromatic N) is 7. The fourth-order valence-corrected chi connectivity index (χ4v) is 5.10. The number of rotatable bonds is 7. The summed E-state index contributed by atoms with van der Waals surface area (Å²) in [6.07, 6.45) is 5.07. The summed E-state index contributed by atoms with van der Waals surface area (Å²) >= 11 is 6.21. The van der Waals surface area contributed by atoms with Crippen molar-refractivity contribution in [2.24, 2.45) is 7.05 Å². The number of benzene rings is 2. The van der Waals surface area contributed by atoms with Crippen LogP contribution in [0.2, 0.25) is 5.02 Å². The van der Waals surface area contributed by atoms with E-state index in [1.807, 2.05) is 14.0 Å². The second-order valence-electron chi connectivity index (χ2n) is 9.19. The number of fused-ring (bicyclic) bond motifs is 1. The second kappa shape index (κ2) is 10.6. The molecule has 11 nitrogen and oxygen atoms in total. The van der Waals surface area contributed by atoms with Crippen LogP contribution in [-0.4, -0.2) is 64.2 Å². The SMILES string of the molecule is Cc1nn(C)c2c1C(C(=O)Cc1ccc(C(=O)O)cc1)N(C(=O)/C=C/c1cc(Cl)ccc1-n1cnnn1)CC2. The minimum absolute atomic E-state index is 0.0313. The highest BCUT2D eigenvalue weighted by Gasteiger charge is 2.38. The van der Waals surface area contributed by atoms with E-state index in [4.69, 9.17) is 11.6 Å². The molecule has 1 unspecified atom stereocenters. The lowest BCUT2D eigenvalue weighted by molar-refractivity contribution is -0.136. The highest BCUT2D eigenvalue weighted by Crippen LogP contribution is 2.34. The number of hydrogen-bond donors (Lipinski definition) is 1. The van der Waals surface area contributed by atoms with Crippen molar-refractivity contribution in [3.8, 4) is 5.69 Å². The zero-order valence-corrected chi connectivity index (χ0v) is 21.9. The Hall–Kier alpha value is -4.64. The van der Waals surface area contributed by atoms with Crippen LogP contribution in [0, 0.1) is 6.92 Å². The molecular formula is C27H24ClN7O4. The fraction of sp³-hybridized carbons (Fsp3) is 0.222. The predicted octanol–water partition coefficient (Wildman–Crippen LogP) is 3.01. The number of Topliss-reactive ketones (excluding diaryl/α,β-unsaturated/α-hetero) is 1. The molecule has 5 rings (SSSR count). The smallest absolute Gasteiger partial charge is 0.335 e. The lowest BCUT2D eigenvalue weighted by atomic mass is 9.90. The van der Waals surface area contributed by atoms with Gasteiger partial charge in [-0.05, 0) is 59.3 Å². The molecule has 1 N–H and O–H groups in total. The number of carboxylic acid groups (broad SMARTS) is 1. The Morgan fingerprint density at radius 2 is 1.92 bits per heavy atom. The van der Waals surface area contributed by atoms with Gasteiger partial charge in [-0.1, -0.05) is 23.7 Å². The van der Waals surface area contributed by atoms with Gasteiger partial charge in [-0.3, -0.25) is 14.3 Å². The molecule has 198 valence electrons. The Morgan fingerprint density at radius 1 is 1.15 bits per heavy atom. The molecule has 0 radical (unpaired) electrons. The molecular weight excluding hydrogens is 522 g/mol. The maximum atomic E-state index is 13.7. The van der Waals surface area contributed by atoms with Crippen LogP contribution < -0.4 is 0 Å². The highest BCUT2D eigenvalue weighted by atomic mass is 35.5. The number of carboxylic acids is 1. The second-order valence-corrected chi connectivity index (χ2v) is 9.63. The van der Waals surface area contributed by atoms with Gasteiger partial charge >= 0.3 is 5.97 Å². The summed E-state index contributed by atoms with van der Waals surface area (Å²) in [6.45, 7) is 2.16. The molecule has 2 aromatic carbocycles. The molecule has 1 amide bonds. The van der Waals surface area contributed by atoms with Gasteiger partial charge in [0, 0.05) is 54.4 Å². The topological polar surface area (TPSA) is 136 Å². The van der Waals surface area contributed by atoms with E-state index >= 15 is 0 Å². The number of carbonyl (C=O) groups excluding carboxylic acids is 2. The number of ketones is 1. The van der Waals surface area contributed by atoms with Crippen LogP contribution in [0.5, 0.6) is 0 Å². The fourth-order valence-electron chi connectivity index (χ4n) is 4.92. The molecule has 0 fully saturated rings. The zero-order chi connectivity index (χ0) is 27.7. The van der Waals surface area contributed by atoms with Crippen molar-refractivity contribution < 1.29 is 19.5 Å². The molecule has 12 heteroatoms. The summed E-state index contributed by atoms with van der Waals surface area (Å²) < 4.78 is 3.23. The minimum atomic E-state index is -1.04. The number of amides is 1. The Balaban J connectivity index is 1.46. The monoisotopic (exact) mass is 545 g/mol. The van der Waals surface area contributed by atoms with E-state index in [9.17, 15) is 19.5 Å². The van der Waals surface area contributed by atoms with E-state index in [1.165, 1.54) is 29.2 Å². The van der Waals surface area contributed by atoms with Crippen molar-refractivity contribution in [1.82, 2.24) is 34.9 Å². The Kier molecular flexibility index (Phi) is 7.07. The average molecular weight is 546 g/mol. The molecule has 0 bridgehead atoms. The first kappa shape index (κ1) is 26.0. The summed E-state index contributed by atoms with van der Waals surface area (Å²) in [4.78, 5) is 40.1. The maximum Gasteiger partial charge on any atom is 0.335 e. The highest BCUT2D eigenvalue weighted by molar-refractivity contribution is 6.30. The van der Waals surface area contributed by atoms with E-state index in [-0.39, 0.29) is 23.7 Å². The Morgan fingerprint density at radius 3 is 2.62 bits per heavy atom. The quantitative estimate of drug-likeness (QED) is 0.350. The number of aromatic nitrogens is 6. The van der Waals surface area contributed by atoms with Crippen LogP contribution in [0.25, 0.3) is 11.8 Å². The number of aromatic carboxylic acids is 1. The van der Waals surface area contributed by atoms with Crippen molar-refractivity contribution >= 4 is 35.3 Å². The lowest BCUT2D eigenvalue weighted by Crippen LogP contribution is -2.43. The van der Waals surface area contributed by atoms with Crippen molar-refractivity contribution in [2.75, 3.05) is 6.54 Å². The molecule has 0 saturated heterocycles. The van der Waals surface area contributed by atoms with E-state index in [2.05, 4.69) is 20.6 Å². The third-order valence-corrected chi connectivity index (χ3v) is 6.96. The van der Waals surface area contributed by atoms with Crippen LogP contribution in [-0.2, 0) is 29.5 Å². The van der Waals surface area contributed by atoms with Crippen LogP contribution in [0.4, 0.5) is 0 Å². The molecule has 1 aliphatic rings. The third kappa shape index (κ3) is 5.21. The van der Waals surface area contributed by atoms with Gasteiger partial charge in [0.25, 0.3) is 0 Å². The van der Waals surface area contributed by atoms with Gasteiger partial charge < -0.3 is 10.0 Å². The Bertz CT molecular complexity index is 1590. The minimum Gasteiger partial charge on any atom is -0.478 e. The van der Waals surface area contributed by atoms with E-state index < -0.39 is 12.0 Å². The summed E-state index contributed by atoms with van der Waals surface area (Å²) in [5.41, 5.74) is 4.38. The van der Waals surface area contributed by atoms with Crippen LogP contribution in [0.3, 0.4) is 0 Å². The van der Waals surface area contributed by atoms with Crippen LogP contribution in [0.15, 0.2) is 54.9 Å². The first-order chi connectivity index (χ1) is 18.7. The zero-order valence-electron chi connectivity index (χ0n) is 21.2. The molecule has 39 heavy (non-hydrogen) atoms. The van der Waals surface area contributed by atoms with Crippen molar-refractivity contribution in [3.05, 3.63) is 93.5 Å². The van der Waals surface area contributed by atoms with Crippen molar-refractivity contribution in [3.63, 3.8) is 0 Å². The largest absolute Gasteiger partial charge is 0.478 e. The molecule has 0 spiro atoms. The number of aryl methyl sites for hydroxylation is 2. The maximum absolute atomic E-state index is 13.7. The van der Waals surface area contributed by atoms with E-state index in [0.717, 1.165) is 11.3 Å². The molecule has 0 aliphatic carbocycles. The molecule has 1 aliphatic heterocycles. The third-order valence-electron chi connectivity index (χ3n) is 6.72. The summed E-state index contributed by atoms with van der Waals surface area (Å²) in [5, 5.41) is 25.4. The van der Waals surface area contributed by atoms with Gasteiger partial charge in [-0.25, -0.2) is 4.79 Å². The number of carbonyl (C=O) groups is 3. The molecule has 3 heterocycles. The van der Waals surface area contributed by atoms with Gasteiger partial charge in [-0.15, -0.1) is 5.10 Å². The Labute approximate surface area is 228 Å². The van der Waals surface area contributed by atoms with E-state index in [0.29, 0.717) is 40.5 Å². The molecule has 0 saturated carbocycles. The van der Waals surface area contributed by atoms with Gasteiger partial charge in [0.15, 0.2) is 5.78 Å². The van der Waals surface area contributed by atoms with Crippen molar-refractivity contribution in [1.29, 1.82) is 0 Å². The molecule has 2 aromatic heterocycles. The number of hydrogen-bond acceptors (Lipinski definition) is 7. The first-order valence-corrected chi connectivity index (χ1v) is 12.5. The van der Waals surface area contributed by atoms with Crippen LogP contribution in [0.1, 0.15) is 44.5 Å². The summed E-state index contributed by atoms with van der Waals surface area (Å²) in [6, 6.07) is 10.5. The average Bonchev–Trinajstić information content (AvgIpc) is 3.55. The summed E-state index contributed by atoms with van der Waals surface area (Å²) in [5.74, 6) is -1.57. The van der Waals surface area contributed by atoms with E-state index in [1.54, 1.807) is 46.0 Å².